The minimum atomic E-state index is 0.573. The quantitative estimate of drug-likeness (QED) is 0.851. The van der Waals surface area contributed by atoms with Crippen LogP contribution < -0.4 is 4.74 Å². The number of aromatic nitrogens is 2. The lowest BCUT2D eigenvalue weighted by atomic mass is 10.3. The molecular formula is C12H13BrN2O2. The molecule has 0 amide bonds. The van der Waals surface area contributed by atoms with E-state index in [0.717, 1.165) is 16.8 Å². The monoisotopic (exact) mass is 296 g/mol. The van der Waals surface area contributed by atoms with E-state index in [-0.39, 0.29) is 0 Å². The molecule has 2 rings (SSSR count). The zero-order valence-electron chi connectivity index (χ0n) is 9.47. The molecule has 0 unspecified atom stereocenters. The van der Waals surface area contributed by atoms with Crippen LogP contribution in [0.5, 0.6) is 11.8 Å². The van der Waals surface area contributed by atoms with E-state index in [2.05, 4.69) is 20.9 Å². The molecule has 17 heavy (non-hydrogen) atoms. The van der Waals surface area contributed by atoms with Crippen molar-refractivity contribution in [1.29, 1.82) is 0 Å². The number of ether oxygens (including phenoxy) is 2. The Bertz CT molecular complexity index is 468. The van der Waals surface area contributed by atoms with E-state index in [9.17, 15) is 0 Å². The second-order valence-corrected chi connectivity index (χ2v) is 4.37. The van der Waals surface area contributed by atoms with Crippen molar-refractivity contribution in [2.24, 2.45) is 0 Å². The molecule has 0 spiro atoms. The van der Waals surface area contributed by atoms with Crippen LogP contribution in [0.1, 0.15) is 0 Å². The molecule has 0 saturated carbocycles. The number of imidazole rings is 1. The van der Waals surface area contributed by atoms with Crippen LogP contribution in [0.2, 0.25) is 0 Å². The Balaban J connectivity index is 2.07. The van der Waals surface area contributed by atoms with Crippen molar-refractivity contribution in [3.63, 3.8) is 0 Å². The van der Waals surface area contributed by atoms with Crippen LogP contribution in [0.4, 0.5) is 0 Å². The summed E-state index contributed by atoms with van der Waals surface area (Å²) in [6, 6.07) is 8.21. The summed E-state index contributed by atoms with van der Waals surface area (Å²) in [6.45, 7) is 1.36. The Morgan fingerprint density at radius 1 is 1.29 bits per heavy atom. The van der Waals surface area contributed by atoms with Gasteiger partial charge < -0.3 is 9.47 Å². The van der Waals surface area contributed by atoms with E-state index in [0.29, 0.717) is 12.6 Å². The third kappa shape index (κ3) is 3.31. The summed E-state index contributed by atoms with van der Waals surface area (Å²) < 4.78 is 13.6. The molecule has 1 aromatic heterocycles. The molecule has 5 heteroatoms. The van der Waals surface area contributed by atoms with Gasteiger partial charge in [-0.05, 0) is 24.3 Å². The van der Waals surface area contributed by atoms with Gasteiger partial charge in [-0.15, -0.1) is 0 Å². The third-order valence-electron chi connectivity index (χ3n) is 2.24. The van der Waals surface area contributed by atoms with E-state index in [1.807, 2.05) is 35.0 Å². The van der Waals surface area contributed by atoms with E-state index in [1.165, 1.54) is 0 Å². The first kappa shape index (κ1) is 12.1. The molecule has 0 aliphatic carbocycles. The van der Waals surface area contributed by atoms with Crippen molar-refractivity contribution >= 4 is 15.9 Å². The predicted molar refractivity (Wildman–Crippen MR) is 68.3 cm³/mol. The normalized spacial score (nSPS) is 10.5. The summed E-state index contributed by atoms with van der Waals surface area (Å²) in [5.74, 6) is 0.762. The van der Waals surface area contributed by atoms with Crippen LogP contribution >= 0.6 is 15.9 Å². The summed E-state index contributed by atoms with van der Waals surface area (Å²) in [7, 11) is 1.67. The van der Waals surface area contributed by atoms with Crippen LogP contribution in [0.25, 0.3) is 0 Å². The number of halogens is 1. The van der Waals surface area contributed by atoms with Gasteiger partial charge in [0, 0.05) is 24.0 Å². The molecule has 0 aliphatic heterocycles. The number of nitrogens with zero attached hydrogens (tertiary/aromatic N) is 2. The fraction of sp³-hybridized carbons (Fsp3) is 0.250. The SMILES string of the molecule is COCCn1ccnc1Oc1ccc(Br)cc1. The Morgan fingerprint density at radius 2 is 2.06 bits per heavy atom. The Labute approximate surface area is 108 Å². The minimum Gasteiger partial charge on any atom is -0.426 e. The van der Waals surface area contributed by atoms with Gasteiger partial charge >= 0.3 is 6.01 Å². The molecule has 0 aliphatic rings. The zero-order valence-corrected chi connectivity index (χ0v) is 11.1. The molecule has 0 radical (unpaired) electrons. The summed E-state index contributed by atoms with van der Waals surface area (Å²) in [6.07, 6.45) is 3.58. The van der Waals surface area contributed by atoms with Gasteiger partial charge in [0.15, 0.2) is 0 Å². The molecule has 1 aromatic carbocycles. The molecule has 0 bridgehead atoms. The van der Waals surface area contributed by atoms with Gasteiger partial charge in [0.1, 0.15) is 5.75 Å². The Kier molecular flexibility index (Phi) is 4.17. The van der Waals surface area contributed by atoms with Crippen LogP contribution in [0, 0.1) is 0 Å². The highest BCUT2D eigenvalue weighted by Crippen LogP contribution is 2.21. The first-order valence-corrected chi connectivity index (χ1v) is 6.02. The maximum absolute atomic E-state index is 5.68. The highest BCUT2D eigenvalue weighted by molar-refractivity contribution is 9.10. The number of methoxy groups -OCH3 is 1. The molecule has 0 saturated heterocycles. The van der Waals surface area contributed by atoms with Crippen LogP contribution in [0.3, 0.4) is 0 Å². The fourth-order valence-corrected chi connectivity index (χ4v) is 1.63. The van der Waals surface area contributed by atoms with Crippen molar-refractivity contribution in [2.45, 2.75) is 6.54 Å². The first-order chi connectivity index (χ1) is 8.29. The fourth-order valence-electron chi connectivity index (χ4n) is 1.37. The van der Waals surface area contributed by atoms with Gasteiger partial charge in [-0.1, -0.05) is 15.9 Å². The lowest BCUT2D eigenvalue weighted by Crippen LogP contribution is -2.04. The van der Waals surface area contributed by atoms with E-state index in [4.69, 9.17) is 9.47 Å². The van der Waals surface area contributed by atoms with Crippen molar-refractivity contribution < 1.29 is 9.47 Å². The van der Waals surface area contributed by atoms with Crippen molar-refractivity contribution in [3.05, 3.63) is 41.1 Å². The van der Waals surface area contributed by atoms with Gasteiger partial charge in [0.05, 0.1) is 13.2 Å². The van der Waals surface area contributed by atoms with Gasteiger partial charge in [-0.2, -0.15) is 0 Å². The Morgan fingerprint density at radius 3 is 2.76 bits per heavy atom. The smallest absolute Gasteiger partial charge is 0.301 e. The van der Waals surface area contributed by atoms with Crippen LogP contribution in [0.15, 0.2) is 41.1 Å². The molecular weight excluding hydrogens is 284 g/mol. The minimum absolute atomic E-state index is 0.573. The molecule has 90 valence electrons. The zero-order chi connectivity index (χ0) is 12.1. The number of rotatable bonds is 5. The molecule has 2 aromatic rings. The van der Waals surface area contributed by atoms with E-state index < -0.39 is 0 Å². The largest absolute Gasteiger partial charge is 0.426 e. The third-order valence-corrected chi connectivity index (χ3v) is 2.77. The van der Waals surface area contributed by atoms with Gasteiger partial charge in [-0.3, -0.25) is 4.57 Å². The molecule has 0 fully saturated rings. The maximum atomic E-state index is 5.68. The van der Waals surface area contributed by atoms with Crippen LogP contribution in [-0.2, 0) is 11.3 Å². The topological polar surface area (TPSA) is 36.3 Å². The standard InChI is InChI=1S/C12H13BrN2O2/c1-16-9-8-15-7-6-14-12(15)17-11-4-2-10(13)3-5-11/h2-7H,8-9H2,1H3. The summed E-state index contributed by atoms with van der Waals surface area (Å²) in [5, 5.41) is 0. The molecule has 0 N–H and O–H groups in total. The number of hydrogen-bond donors (Lipinski definition) is 0. The number of hydrogen-bond acceptors (Lipinski definition) is 3. The molecule has 1 heterocycles. The van der Waals surface area contributed by atoms with Gasteiger partial charge in [0.25, 0.3) is 0 Å². The van der Waals surface area contributed by atoms with Crippen molar-refractivity contribution in [1.82, 2.24) is 9.55 Å². The molecule has 4 nitrogen and oxygen atoms in total. The van der Waals surface area contributed by atoms with E-state index in [1.54, 1.807) is 13.3 Å². The summed E-state index contributed by atoms with van der Waals surface area (Å²) in [4.78, 5) is 4.16. The first-order valence-electron chi connectivity index (χ1n) is 5.23. The average molecular weight is 297 g/mol. The van der Waals surface area contributed by atoms with E-state index >= 15 is 0 Å². The lowest BCUT2D eigenvalue weighted by Gasteiger charge is -2.08. The summed E-state index contributed by atoms with van der Waals surface area (Å²) >= 11 is 3.38. The predicted octanol–water partition coefficient (Wildman–Crippen LogP) is 3.08. The maximum Gasteiger partial charge on any atom is 0.301 e. The van der Waals surface area contributed by atoms with Gasteiger partial charge in [-0.25, -0.2) is 4.98 Å². The highest BCUT2D eigenvalue weighted by atomic mass is 79.9. The van der Waals surface area contributed by atoms with Gasteiger partial charge in [0.2, 0.25) is 0 Å². The summed E-state index contributed by atoms with van der Waals surface area (Å²) in [5.41, 5.74) is 0. The molecule has 0 atom stereocenters. The Hall–Kier alpha value is -1.33. The van der Waals surface area contributed by atoms with Crippen molar-refractivity contribution in [2.75, 3.05) is 13.7 Å². The second-order valence-electron chi connectivity index (χ2n) is 3.45. The number of benzene rings is 1. The lowest BCUT2D eigenvalue weighted by molar-refractivity contribution is 0.184. The van der Waals surface area contributed by atoms with Crippen molar-refractivity contribution in [3.8, 4) is 11.8 Å². The highest BCUT2D eigenvalue weighted by Gasteiger charge is 2.04. The van der Waals surface area contributed by atoms with Crippen LogP contribution in [-0.4, -0.2) is 23.3 Å². The second kappa shape index (κ2) is 5.84. The average Bonchev–Trinajstić information content (AvgIpc) is 2.77.